The predicted octanol–water partition coefficient (Wildman–Crippen LogP) is 0.860. The first-order valence-electron chi connectivity index (χ1n) is 4.87. The molecule has 0 radical (unpaired) electrons. The van der Waals surface area contributed by atoms with Crippen molar-refractivity contribution in [1.29, 1.82) is 0 Å². The first-order valence-corrected chi connectivity index (χ1v) is 4.87. The molecule has 0 saturated carbocycles. The molecule has 2 aromatic rings. The number of nitrogens with two attached hydrogens (primary N) is 1. The average Bonchev–Trinajstić information content (AvgIpc) is 2.29. The van der Waals surface area contributed by atoms with Gasteiger partial charge in [0.05, 0.1) is 6.07 Å². The number of phenolic OH excluding ortho intramolecular Hbond substituents is 1. The molecule has 0 unspecified atom stereocenters. The fourth-order valence-electron chi connectivity index (χ4n) is 1.28. The summed E-state index contributed by atoms with van der Waals surface area (Å²) < 4.78 is 6.43. The number of phenols is 1. The maximum Gasteiger partial charge on any atom is 0.270 e. The second-order valence-corrected chi connectivity index (χ2v) is 3.43. The molecule has 0 saturated heterocycles. The number of hydrogen-bond acceptors (Lipinski definition) is 5. The predicted molar refractivity (Wildman–Crippen MR) is 62.1 cm³/mol. The zero-order valence-electron chi connectivity index (χ0n) is 9.12. The molecule has 0 aliphatic heterocycles. The maximum atomic E-state index is 11.4. The van der Waals surface area contributed by atoms with Crippen molar-refractivity contribution in [3.63, 3.8) is 0 Å². The highest BCUT2D eigenvalue weighted by molar-refractivity contribution is 5.49. The molecule has 0 aliphatic carbocycles. The smallest absolute Gasteiger partial charge is 0.270 e. The lowest BCUT2D eigenvalue weighted by Gasteiger charge is -2.09. The molecule has 1 heterocycles. The zero-order valence-corrected chi connectivity index (χ0v) is 9.12. The van der Waals surface area contributed by atoms with E-state index in [4.69, 9.17) is 10.5 Å². The standard InChI is InChI=1S/C11H11N3O3/c1-14-10(16)6-9(11(12)13-14)17-8-5-3-2-4-7(8)15/h2-6,15H,1H3,(H2,12,13). The van der Waals surface area contributed by atoms with Crippen LogP contribution in [0.3, 0.4) is 0 Å². The first-order chi connectivity index (χ1) is 8.08. The monoisotopic (exact) mass is 233 g/mol. The van der Waals surface area contributed by atoms with Gasteiger partial charge in [0.15, 0.2) is 23.1 Å². The van der Waals surface area contributed by atoms with E-state index in [0.29, 0.717) is 0 Å². The van der Waals surface area contributed by atoms with Crippen molar-refractivity contribution in [2.24, 2.45) is 7.05 Å². The maximum absolute atomic E-state index is 11.4. The van der Waals surface area contributed by atoms with E-state index in [1.807, 2.05) is 0 Å². The van der Waals surface area contributed by atoms with Crippen LogP contribution in [0.25, 0.3) is 0 Å². The van der Waals surface area contributed by atoms with Crippen molar-refractivity contribution in [2.75, 3.05) is 5.73 Å². The lowest BCUT2D eigenvalue weighted by Crippen LogP contribution is -2.20. The van der Waals surface area contributed by atoms with Gasteiger partial charge in [-0.3, -0.25) is 4.79 Å². The Bertz CT molecular complexity index is 607. The minimum Gasteiger partial charge on any atom is -0.504 e. The topological polar surface area (TPSA) is 90.4 Å². The van der Waals surface area contributed by atoms with Gasteiger partial charge in [0.2, 0.25) is 0 Å². The summed E-state index contributed by atoms with van der Waals surface area (Å²) in [5.74, 6) is 0.381. The Balaban J connectivity index is 2.40. The summed E-state index contributed by atoms with van der Waals surface area (Å²) in [6.45, 7) is 0. The summed E-state index contributed by atoms with van der Waals surface area (Å²) in [6, 6.07) is 7.61. The van der Waals surface area contributed by atoms with Gasteiger partial charge >= 0.3 is 0 Å². The van der Waals surface area contributed by atoms with E-state index in [-0.39, 0.29) is 28.6 Å². The van der Waals surface area contributed by atoms with Crippen LogP contribution < -0.4 is 16.0 Å². The van der Waals surface area contributed by atoms with Crippen molar-refractivity contribution >= 4 is 5.82 Å². The van der Waals surface area contributed by atoms with Crippen LogP contribution in [0, 0.1) is 0 Å². The fraction of sp³-hybridized carbons (Fsp3) is 0.0909. The quantitative estimate of drug-likeness (QED) is 0.802. The van der Waals surface area contributed by atoms with Gasteiger partial charge in [-0.2, -0.15) is 0 Å². The van der Waals surface area contributed by atoms with Crippen molar-refractivity contribution in [2.45, 2.75) is 0 Å². The average molecular weight is 233 g/mol. The molecule has 2 rings (SSSR count). The zero-order chi connectivity index (χ0) is 12.4. The molecule has 6 heteroatoms. The van der Waals surface area contributed by atoms with Gasteiger partial charge < -0.3 is 15.6 Å². The highest BCUT2D eigenvalue weighted by Gasteiger charge is 2.08. The molecular formula is C11H11N3O3. The second-order valence-electron chi connectivity index (χ2n) is 3.43. The Hall–Kier alpha value is -2.50. The third kappa shape index (κ3) is 2.20. The SMILES string of the molecule is Cn1nc(N)c(Oc2ccccc2O)cc1=O. The molecule has 0 atom stereocenters. The Labute approximate surface area is 96.9 Å². The third-order valence-corrected chi connectivity index (χ3v) is 2.17. The van der Waals surface area contributed by atoms with Gasteiger partial charge in [-0.25, -0.2) is 4.68 Å². The van der Waals surface area contributed by atoms with E-state index in [1.165, 1.54) is 19.2 Å². The second kappa shape index (κ2) is 4.17. The number of nitrogen functional groups attached to an aromatic ring is 1. The Kier molecular flexibility index (Phi) is 2.70. The molecule has 0 spiro atoms. The number of ether oxygens (including phenoxy) is 1. The van der Waals surface area contributed by atoms with Crippen molar-refractivity contribution < 1.29 is 9.84 Å². The number of hydrogen-bond donors (Lipinski definition) is 2. The molecule has 1 aromatic heterocycles. The van der Waals surface area contributed by atoms with E-state index < -0.39 is 0 Å². The van der Waals surface area contributed by atoms with E-state index >= 15 is 0 Å². The summed E-state index contributed by atoms with van der Waals surface area (Å²) in [6.07, 6.45) is 0. The number of aromatic hydroxyl groups is 1. The van der Waals surface area contributed by atoms with E-state index in [0.717, 1.165) is 4.68 Å². The number of rotatable bonds is 2. The molecule has 6 nitrogen and oxygen atoms in total. The van der Waals surface area contributed by atoms with Crippen LogP contribution >= 0.6 is 0 Å². The number of anilines is 1. The number of benzene rings is 1. The van der Waals surface area contributed by atoms with Crippen LogP contribution in [0.15, 0.2) is 35.1 Å². The van der Waals surface area contributed by atoms with Crippen LogP contribution in [0.2, 0.25) is 0 Å². The lowest BCUT2D eigenvalue weighted by molar-refractivity contribution is 0.409. The third-order valence-electron chi connectivity index (χ3n) is 2.17. The van der Waals surface area contributed by atoms with Crippen molar-refractivity contribution in [1.82, 2.24) is 9.78 Å². The largest absolute Gasteiger partial charge is 0.504 e. The lowest BCUT2D eigenvalue weighted by atomic mass is 10.3. The summed E-state index contributed by atoms with van der Waals surface area (Å²) >= 11 is 0. The molecule has 1 aromatic carbocycles. The summed E-state index contributed by atoms with van der Waals surface area (Å²) in [5, 5.41) is 13.3. The molecule has 0 amide bonds. The summed E-state index contributed by atoms with van der Waals surface area (Å²) in [4.78, 5) is 11.4. The molecule has 0 bridgehead atoms. The van der Waals surface area contributed by atoms with E-state index in [9.17, 15) is 9.90 Å². The molecule has 0 fully saturated rings. The Morgan fingerprint density at radius 2 is 2.06 bits per heavy atom. The van der Waals surface area contributed by atoms with Gasteiger partial charge in [-0.05, 0) is 12.1 Å². The first kappa shape index (κ1) is 11.0. The van der Waals surface area contributed by atoms with Gasteiger partial charge in [-0.1, -0.05) is 12.1 Å². The van der Waals surface area contributed by atoms with Crippen LogP contribution in [-0.2, 0) is 7.05 Å². The molecule has 3 N–H and O–H groups in total. The summed E-state index contributed by atoms with van der Waals surface area (Å²) in [7, 11) is 1.49. The van der Waals surface area contributed by atoms with Gasteiger partial charge in [0.1, 0.15) is 0 Å². The number of nitrogens with zero attached hydrogens (tertiary/aromatic N) is 2. The van der Waals surface area contributed by atoms with E-state index in [2.05, 4.69) is 5.10 Å². The van der Waals surface area contributed by atoms with Crippen LogP contribution in [-0.4, -0.2) is 14.9 Å². The van der Waals surface area contributed by atoms with Gasteiger partial charge in [0.25, 0.3) is 5.56 Å². The van der Waals surface area contributed by atoms with Gasteiger partial charge in [0, 0.05) is 7.05 Å². The van der Waals surface area contributed by atoms with E-state index in [1.54, 1.807) is 18.2 Å². The number of aromatic nitrogens is 2. The molecule has 17 heavy (non-hydrogen) atoms. The summed E-state index contributed by atoms with van der Waals surface area (Å²) in [5.41, 5.74) is 5.27. The van der Waals surface area contributed by atoms with Crippen LogP contribution in [0.5, 0.6) is 17.2 Å². The van der Waals surface area contributed by atoms with Crippen molar-refractivity contribution in [3.05, 3.63) is 40.7 Å². The number of para-hydroxylation sites is 2. The molecule has 88 valence electrons. The minimum absolute atomic E-state index is 0.0347. The molecule has 0 aliphatic rings. The Morgan fingerprint density at radius 1 is 1.35 bits per heavy atom. The van der Waals surface area contributed by atoms with Gasteiger partial charge in [-0.15, -0.1) is 5.10 Å². The molecular weight excluding hydrogens is 222 g/mol. The highest BCUT2D eigenvalue weighted by Crippen LogP contribution is 2.31. The van der Waals surface area contributed by atoms with Crippen LogP contribution in [0.4, 0.5) is 5.82 Å². The van der Waals surface area contributed by atoms with Crippen molar-refractivity contribution in [3.8, 4) is 17.2 Å². The minimum atomic E-state index is -0.343. The normalized spacial score (nSPS) is 10.2. The Morgan fingerprint density at radius 3 is 2.76 bits per heavy atom. The van der Waals surface area contributed by atoms with Crippen LogP contribution in [0.1, 0.15) is 0 Å². The fourth-order valence-corrected chi connectivity index (χ4v) is 1.28. The highest BCUT2D eigenvalue weighted by atomic mass is 16.5. The number of aryl methyl sites for hydroxylation is 1.